The molecule has 0 radical (unpaired) electrons. The molecule has 0 aromatic carbocycles. The van der Waals surface area contributed by atoms with Gasteiger partial charge in [0.05, 0.1) is 0 Å². The number of rotatable bonds is 2. The minimum absolute atomic E-state index is 0.402. The Labute approximate surface area is 157 Å². The van der Waals surface area contributed by atoms with Gasteiger partial charge in [0, 0.05) is 11.1 Å². The first-order valence-electron chi connectivity index (χ1n) is 10.6. The third-order valence-electron chi connectivity index (χ3n) is 9.15. The predicted molar refractivity (Wildman–Crippen MR) is 105 cm³/mol. The normalized spacial score (nSPS) is 56.7. The molecular formula is C21H31NS2. The van der Waals surface area contributed by atoms with E-state index in [0.717, 1.165) is 39.8 Å². The van der Waals surface area contributed by atoms with Gasteiger partial charge < -0.3 is 4.90 Å². The second-order valence-electron chi connectivity index (χ2n) is 10.9. The van der Waals surface area contributed by atoms with Gasteiger partial charge in [0.25, 0.3) is 0 Å². The topological polar surface area (TPSA) is 3.24 Å². The molecule has 0 unspecified atom stereocenters. The van der Waals surface area contributed by atoms with Crippen LogP contribution in [-0.2, 0) is 0 Å². The highest BCUT2D eigenvalue weighted by Gasteiger charge is 2.62. The zero-order valence-corrected chi connectivity index (χ0v) is 16.5. The fourth-order valence-electron chi connectivity index (χ4n) is 9.59. The minimum atomic E-state index is 0.402. The van der Waals surface area contributed by atoms with E-state index in [0.29, 0.717) is 11.1 Å². The van der Waals surface area contributed by atoms with Gasteiger partial charge in [-0.1, -0.05) is 12.2 Å². The van der Waals surface area contributed by atoms with E-state index < -0.39 is 0 Å². The first-order valence-corrected chi connectivity index (χ1v) is 11.4. The molecule has 8 saturated carbocycles. The largest absolute Gasteiger partial charge is 0.346 e. The van der Waals surface area contributed by atoms with Crippen LogP contribution in [0.2, 0.25) is 0 Å². The molecule has 0 N–H and O–H groups in total. The maximum atomic E-state index is 5.88. The monoisotopic (exact) mass is 361 g/mol. The SMILES string of the molecule is S=C(S)N(C12CC3CC(CC(C3)C1)C2)C12CC3CC(CC(C3)C1)C2. The minimum Gasteiger partial charge on any atom is -0.346 e. The smallest absolute Gasteiger partial charge is 0.134 e. The fourth-order valence-corrected chi connectivity index (χ4v) is 10.4. The summed E-state index contributed by atoms with van der Waals surface area (Å²) < 4.78 is 0.957. The van der Waals surface area contributed by atoms with Gasteiger partial charge in [-0.3, -0.25) is 0 Å². The van der Waals surface area contributed by atoms with Gasteiger partial charge in [0.1, 0.15) is 4.32 Å². The molecule has 132 valence electrons. The maximum Gasteiger partial charge on any atom is 0.134 e. The molecular weight excluding hydrogens is 330 g/mol. The molecule has 8 bridgehead atoms. The first kappa shape index (κ1) is 15.3. The lowest BCUT2D eigenvalue weighted by Crippen LogP contribution is -2.70. The molecule has 8 rings (SSSR count). The van der Waals surface area contributed by atoms with E-state index in [9.17, 15) is 0 Å². The van der Waals surface area contributed by atoms with Crippen LogP contribution in [0.3, 0.4) is 0 Å². The van der Waals surface area contributed by atoms with Crippen LogP contribution in [0.1, 0.15) is 77.0 Å². The van der Waals surface area contributed by atoms with E-state index >= 15 is 0 Å². The second kappa shape index (κ2) is 4.94. The van der Waals surface area contributed by atoms with Gasteiger partial charge in [0.15, 0.2) is 0 Å². The molecule has 8 aliphatic rings. The van der Waals surface area contributed by atoms with Crippen LogP contribution in [-0.4, -0.2) is 20.3 Å². The molecule has 0 saturated heterocycles. The molecule has 0 aliphatic heterocycles. The summed E-state index contributed by atoms with van der Waals surface area (Å²) in [7, 11) is 0. The van der Waals surface area contributed by atoms with Gasteiger partial charge in [-0.25, -0.2) is 0 Å². The summed E-state index contributed by atoms with van der Waals surface area (Å²) in [5, 5.41) is 0. The van der Waals surface area contributed by atoms with Gasteiger partial charge in [-0.2, -0.15) is 0 Å². The van der Waals surface area contributed by atoms with Crippen molar-refractivity contribution >= 4 is 29.2 Å². The Hall–Kier alpha value is 0.240. The number of thiocarbonyl (C=S) groups is 1. The molecule has 24 heavy (non-hydrogen) atoms. The zero-order valence-electron chi connectivity index (χ0n) is 14.8. The van der Waals surface area contributed by atoms with Gasteiger partial charge in [-0.05, 0) is 113 Å². The molecule has 0 spiro atoms. The van der Waals surface area contributed by atoms with E-state index in [2.05, 4.69) is 4.90 Å². The lowest BCUT2D eigenvalue weighted by Gasteiger charge is -2.69. The average Bonchev–Trinajstić information content (AvgIpc) is 2.42. The Morgan fingerprint density at radius 3 is 1.08 bits per heavy atom. The maximum absolute atomic E-state index is 5.88. The molecule has 0 aromatic rings. The second-order valence-corrected chi connectivity index (χ2v) is 12.0. The molecule has 3 heteroatoms. The average molecular weight is 362 g/mol. The van der Waals surface area contributed by atoms with Crippen LogP contribution in [0.25, 0.3) is 0 Å². The molecule has 1 nitrogen and oxygen atoms in total. The van der Waals surface area contributed by atoms with Crippen LogP contribution in [0, 0.1) is 35.5 Å². The molecule has 0 aromatic heterocycles. The van der Waals surface area contributed by atoms with E-state index in [1.807, 2.05) is 0 Å². The number of hydrogen-bond acceptors (Lipinski definition) is 1. The van der Waals surface area contributed by atoms with Gasteiger partial charge >= 0.3 is 0 Å². The highest BCUT2D eigenvalue weighted by Crippen LogP contribution is 2.64. The third kappa shape index (κ3) is 2.03. The first-order chi connectivity index (χ1) is 11.5. The van der Waals surface area contributed by atoms with Crippen molar-refractivity contribution in [2.75, 3.05) is 0 Å². The third-order valence-corrected chi connectivity index (χ3v) is 9.53. The van der Waals surface area contributed by atoms with Crippen molar-refractivity contribution in [1.29, 1.82) is 0 Å². The summed E-state index contributed by atoms with van der Waals surface area (Å²) >= 11 is 10.8. The number of hydrogen-bond donors (Lipinski definition) is 1. The Kier molecular flexibility index (Phi) is 3.15. The standard InChI is InChI=1S/C21H31NS2/c23-19(24)22(20-7-13-1-14(8-20)3-15(2-13)9-20)21-10-16-4-17(11-21)6-18(5-16)12-21/h13-18H,1-12H2,(H,23,24). The van der Waals surface area contributed by atoms with Crippen molar-refractivity contribution in [2.45, 2.75) is 88.1 Å². The Morgan fingerprint density at radius 2 is 0.875 bits per heavy atom. The van der Waals surface area contributed by atoms with Crippen LogP contribution < -0.4 is 0 Å². The van der Waals surface area contributed by atoms with E-state index in [1.54, 1.807) is 0 Å². The van der Waals surface area contributed by atoms with Crippen molar-refractivity contribution in [3.05, 3.63) is 0 Å². The summed E-state index contributed by atoms with van der Waals surface area (Å²) in [6.45, 7) is 0. The lowest BCUT2D eigenvalue weighted by atomic mass is 9.49. The quantitative estimate of drug-likeness (QED) is 0.515. The van der Waals surface area contributed by atoms with Gasteiger partial charge in [0.2, 0.25) is 0 Å². The fraction of sp³-hybridized carbons (Fsp3) is 0.952. The Balaban J connectivity index is 1.42. The van der Waals surface area contributed by atoms with E-state index in [1.165, 1.54) is 77.0 Å². The highest BCUT2D eigenvalue weighted by molar-refractivity contribution is 8.10. The number of thiol groups is 1. The van der Waals surface area contributed by atoms with Crippen molar-refractivity contribution < 1.29 is 0 Å². The zero-order chi connectivity index (χ0) is 16.1. The van der Waals surface area contributed by atoms with Crippen LogP contribution in [0.15, 0.2) is 0 Å². The highest BCUT2D eigenvalue weighted by atomic mass is 32.1. The van der Waals surface area contributed by atoms with Gasteiger partial charge in [-0.15, -0.1) is 12.6 Å². The van der Waals surface area contributed by atoms with E-state index in [-0.39, 0.29) is 0 Å². The molecule has 0 heterocycles. The van der Waals surface area contributed by atoms with Crippen molar-refractivity contribution in [1.82, 2.24) is 4.90 Å². The molecule has 8 aliphatic carbocycles. The van der Waals surface area contributed by atoms with Crippen LogP contribution in [0.5, 0.6) is 0 Å². The summed E-state index contributed by atoms with van der Waals surface area (Å²) in [5.41, 5.74) is 0.804. The summed E-state index contributed by atoms with van der Waals surface area (Å²) in [4.78, 5) is 2.84. The van der Waals surface area contributed by atoms with Crippen molar-refractivity contribution in [3.63, 3.8) is 0 Å². The van der Waals surface area contributed by atoms with Crippen molar-refractivity contribution in [2.24, 2.45) is 35.5 Å². The van der Waals surface area contributed by atoms with Crippen molar-refractivity contribution in [3.8, 4) is 0 Å². The summed E-state index contributed by atoms with van der Waals surface area (Å²) in [6, 6.07) is 0. The molecule has 8 fully saturated rings. The lowest BCUT2D eigenvalue weighted by molar-refractivity contribution is -0.143. The number of nitrogens with zero attached hydrogens (tertiary/aromatic N) is 1. The predicted octanol–water partition coefficient (Wildman–Crippen LogP) is 5.44. The van der Waals surface area contributed by atoms with Crippen LogP contribution in [0.4, 0.5) is 0 Å². The molecule has 0 amide bonds. The Morgan fingerprint density at radius 1 is 0.625 bits per heavy atom. The molecule has 0 atom stereocenters. The summed E-state index contributed by atoms with van der Waals surface area (Å²) in [5.74, 6) is 5.97. The summed E-state index contributed by atoms with van der Waals surface area (Å²) in [6.07, 6.45) is 17.7. The Bertz CT molecular complexity index is 468. The van der Waals surface area contributed by atoms with Crippen LogP contribution >= 0.6 is 24.8 Å². The van der Waals surface area contributed by atoms with E-state index in [4.69, 9.17) is 24.8 Å².